The predicted octanol–water partition coefficient (Wildman–Crippen LogP) is -0.448. The monoisotopic (exact) mass is 148 g/mol. The van der Waals surface area contributed by atoms with E-state index < -0.39 is 0 Å². The Balaban J connectivity index is 3.54. The first-order valence-electron chi connectivity index (χ1n) is 2.83. The van der Waals surface area contributed by atoms with Crippen molar-refractivity contribution in [2.24, 2.45) is 11.5 Å². The van der Waals surface area contributed by atoms with Crippen LogP contribution < -0.4 is 11.5 Å². The van der Waals surface area contributed by atoms with E-state index >= 15 is 0 Å². The molecule has 1 atom stereocenters. The van der Waals surface area contributed by atoms with Crippen LogP contribution in [0, 0.1) is 0 Å². The summed E-state index contributed by atoms with van der Waals surface area (Å²) in [6.45, 7) is 2.31. The van der Waals surface area contributed by atoms with Crippen LogP contribution in [0.3, 0.4) is 0 Å². The third-order valence-electron chi connectivity index (χ3n) is 0.899. The lowest BCUT2D eigenvalue weighted by Crippen LogP contribution is -2.32. The van der Waals surface area contributed by atoms with Crippen LogP contribution >= 0.6 is 11.8 Å². The maximum Gasteiger partial charge on any atom is 0.231 e. The molecule has 0 aromatic heterocycles. The third-order valence-corrected chi connectivity index (χ3v) is 2.06. The number of carbonyl (C=O) groups is 1. The zero-order valence-corrected chi connectivity index (χ0v) is 6.28. The molecular formula is C5H12N2OS. The molecule has 0 aliphatic heterocycles. The molecular weight excluding hydrogens is 136 g/mol. The molecule has 1 unspecified atom stereocenters. The predicted molar refractivity (Wildman–Crippen MR) is 40.2 cm³/mol. The van der Waals surface area contributed by atoms with E-state index in [1.807, 2.05) is 6.92 Å². The van der Waals surface area contributed by atoms with E-state index in [1.165, 1.54) is 11.8 Å². The normalized spacial score (nSPS) is 13.1. The van der Waals surface area contributed by atoms with Crippen LogP contribution in [0.1, 0.15) is 6.92 Å². The Morgan fingerprint density at radius 2 is 2.33 bits per heavy atom. The second kappa shape index (κ2) is 4.64. The molecule has 0 aliphatic carbocycles. The molecule has 0 aliphatic rings. The highest BCUT2D eigenvalue weighted by Crippen LogP contribution is 2.06. The molecule has 0 saturated carbocycles. The van der Waals surface area contributed by atoms with Crippen LogP contribution in [-0.2, 0) is 4.79 Å². The number of rotatable bonds is 4. The number of thioether (sulfide) groups is 1. The summed E-state index contributed by atoms with van der Waals surface area (Å²) in [6.07, 6.45) is 0. The average molecular weight is 148 g/mol. The quantitative estimate of drug-likeness (QED) is 0.567. The number of hydrogen-bond donors (Lipinski definition) is 2. The fraction of sp³-hybridized carbons (Fsp3) is 0.800. The summed E-state index contributed by atoms with van der Waals surface area (Å²) in [5.41, 5.74) is 10.2. The molecule has 0 rings (SSSR count). The molecule has 0 saturated heterocycles. The van der Waals surface area contributed by atoms with Crippen molar-refractivity contribution in [2.75, 3.05) is 12.3 Å². The highest BCUT2D eigenvalue weighted by molar-refractivity contribution is 8.00. The molecule has 0 radical (unpaired) electrons. The van der Waals surface area contributed by atoms with Crippen molar-refractivity contribution in [2.45, 2.75) is 12.2 Å². The minimum atomic E-state index is -0.315. The molecule has 0 bridgehead atoms. The fourth-order valence-corrected chi connectivity index (χ4v) is 1.17. The molecule has 0 spiro atoms. The lowest BCUT2D eigenvalue weighted by atomic mass is 10.4. The van der Waals surface area contributed by atoms with Crippen LogP contribution in [0.5, 0.6) is 0 Å². The summed E-state index contributed by atoms with van der Waals surface area (Å²) >= 11 is 1.48. The van der Waals surface area contributed by atoms with E-state index in [0.29, 0.717) is 6.54 Å². The van der Waals surface area contributed by atoms with Gasteiger partial charge in [-0.05, 0) is 5.75 Å². The molecule has 0 fully saturated rings. The van der Waals surface area contributed by atoms with E-state index in [1.54, 1.807) is 0 Å². The summed E-state index contributed by atoms with van der Waals surface area (Å²) in [5.74, 6) is 0.564. The molecule has 0 heterocycles. The summed E-state index contributed by atoms with van der Waals surface area (Å²) < 4.78 is 0. The fourth-order valence-electron chi connectivity index (χ4n) is 0.468. The van der Waals surface area contributed by atoms with Gasteiger partial charge in [0.2, 0.25) is 5.91 Å². The van der Waals surface area contributed by atoms with Gasteiger partial charge in [0.25, 0.3) is 0 Å². The van der Waals surface area contributed by atoms with Gasteiger partial charge in [-0.15, -0.1) is 11.8 Å². The van der Waals surface area contributed by atoms with Crippen molar-refractivity contribution >= 4 is 17.7 Å². The minimum absolute atomic E-state index is 0.199. The summed E-state index contributed by atoms with van der Waals surface area (Å²) in [6, 6.07) is 0. The van der Waals surface area contributed by atoms with Crippen molar-refractivity contribution < 1.29 is 4.79 Å². The molecule has 0 aromatic rings. The van der Waals surface area contributed by atoms with Gasteiger partial charge in [0, 0.05) is 6.54 Å². The van der Waals surface area contributed by atoms with Crippen LogP contribution in [0.25, 0.3) is 0 Å². The Kier molecular flexibility index (Phi) is 4.53. The van der Waals surface area contributed by atoms with Gasteiger partial charge in [0.1, 0.15) is 0 Å². The Hall–Kier alpha value is -0.220. The van der Waals surface area contributed by atoms with Gasteiger partial charge in [0.05, 0.1) is 5.25 Å². The Labute approximate surface area is 59.2 Å². The molecule has 54 valence electrons. The van der Waals surface area contributed by atoms with Crippen LogP contribution in [-0.4, -0.2) is 23.5 Å². The zero-order valence-electron chi connectivity index (χ0n) is 5.46. The second-order valence-corrected chi connectivity index (χ2v) is 3.06. The Bertz CT molecular complexity index is 97.0. The van der Waals surface area contributed by atoms with E-state index in [9.17, 15) is 4.79 Å². The minimum Gasteiger partial charge on any atom is -0.369 e. The maximum absolute atomic E-state index is 10.4. The molecule has 0 aromatic carbocycles. The lowest BCUT2D eigenvalue weighted by Gasteiger charge is -2.06. The molecule has 4 N–H and O–H groups in total. The number of carbonyl (C=O) groups excluding carboxylic acids is 1. The largest absolute Gasteiger partial charge is 0.369 e. The first-order valence-corrected chi connectivity index (χ1v) is 3.88. The molecule has 9 heavy (non-hydrogen) atoms. The number of primary amides is 1. The van der Waals surface area contributed by atoms with Crippen LogP contribution in [0.2, 0.25) is 0 Å². The molecule has 3 nitrogen and oxygen atoms in total. The van der Waals surface area contributed by atoms with Crippen LogP contribution in [0.4, 0.5) is 0 Å². The number of nitrogens with two attached hydrogens (primary N) is 2. The molecule has 4 heteroatoms. The number of hydrogen-bond acceptors (Lipinski definition) is 3. The van der Waals surface area contributed by atoms with E-state index in [-0.39, 0.29) is 11.2 Å². The third kappa shape index (κ3) is 3.37. The Morgan fingerprint density at radius 3 is 2.44 bits per heavy atom. The SMILES string of the molecule is CCSC(CN)C(N)=O. The maximum atomic E-state index is 10.4. The van der Waals surface area contributed by atoms with Crippen molar-refractivity contribution in [3.8, 4) is 0 Å². The highest BCUT2D eigenvalue weighted by Gasteiger charge is 2.10. The second-order valence-electron chi connectivity index (χ2n) is 1.58. The summed E-state index contributed by atoms with van der Waals surface area (Å²) in [4.78, 5) is 10.4. The van der Waals surface area contributed by atoms with Crippen molar-refractivity contribution in [3.05, 3.63) is 0 Å². The van der Waals surface area contributed by atoms with E-state index in [0.717, 1.165) is 5.75 Å². The average Bonchev–Trinajstić information content (AvgIpc) is 1.82. The lowest BCUT2D eigenvalue weighted by molar-refractivity contribution is -0.117. The van der Waals surface area contributed by atoms with Gasteiger partial charge < -0.3 is 11.5 Å². The van der Waals surface area contributed by atoms with Gasteiger partial charge in [-0.2, -0.15) is 0 Å². The highest BCUT2D eigenvalue weighted by atomic mass is 32.2. The molecule has 1 amide bonds. The van der Waals surface area contributed by atoms with Crippen molar-refractivity contribution in [1.29, 1.82) is 0 Å². The van der Waals surface area contributed by atoms with Gasteiger partial charge in [-0.3, -0.25) is 4.79 Å². The first kappa shape index (κ1) is 8.78. The van der Waals surface area contributed by atoms with Gasteiger partial charge >= 0.3 is 0 Å². The number of amides is 1. The van der Waals surface area contributed by atoms with Crippen LogP contribution in [0.15, 0.2) is 0 Å². The van der Waals surface area contributed by atoms with E-state index in [2.05, 4.69) is 0 Å². The Morgan fingerprint density at radius 1 is 1.78 bits per heavy atom. The van der Waals surface area contributed by atoms with Crippen molar-refractivity contribution in [3.63, 3.8) is 0 Å². The standard InChI is InChI=1S/C5H12N2OS/c1-2-9-4(3-6)5(7)8/h4H,2-3,6H2,1H3,(H2,7,8). The summed E-state index contributed by atoms with van der Waals surface area (Å²) in [5, 5.41) is -0.199. The topological polar surface area (TPSA) is 69.1 Å². The smallest absolute Gasteiger partial charge is 0.231 e. The van der Waals surface area contributed by atoms with Crippen molar-refractivity contribution in [1.82, 2.24) is 0 Å². The van der Waals surface area contributed by atoms with Gasteiger partial charge in [-0.25, -0.2) is 0 Å². The van der Waals surface area contributed by atoms with Gasteiger partial charge in [-0.1, -0.05) is 6.92 Å². The van der Waals surface area contributed by atoms with Gasteiger partial charge in [0.15, 0.2) is 0 Å². The zero-order chi connectivity index (χ0) is 7.28. The van der Waals surface area contributed by atoms with E-state index in [4.69, 9.17) is 11.5 Å². The first-order chi connectivity index (χ1) is 4.22. The summed E-state index contributed by atoms with van der Waals surface area (Å²) in [7, 11) is 0.